The van der Waals surface area contributed by atoms with E-state index in [9.17, 15) is 13.2 Å². The summed E-state index contributed by atoms with van der Waals surface area (Å²) in [5.41, 5.74) is 6.24. The number of nitrogens with two attached hydrogens (primary N) is 1. The van der Waals surface area contributed by atoms with Gasteiger partial charge in [0.05, 0.1) is 24.2 Å². The van der Waals surface area contributed by atoms with E-state index >= 15 is 0 Å². The smallest absolute Gasteiger partial charge is 0.382 e. The number of hydrogen-bond acceptors (Lipinski definition) is 6. The monoisotopic (exact) mass is 393 g/mol. The number of halogens is 3. The lowest BCUT2D eigenvalue weighted by atomic mass is 10.3. The average molecular weight is 393 g/mol. The number of hydrogen-bond donors (Lipinski definition) is 1. The molecule has 3 aromatic heterocycles. The van der Waals surface area contributed by atoms with E-state index in [0.29, 0.717) is 17.6 Å². The van der Waals surface area contributed by atoms with Crippen molar-refractivity contribution in [2.75, 3.05) is 5.75 Å². The predicted molar refractivity (Wildman–Crippen MR) is 95.2 cm³/mol. The second-order valence-electron chi connectivity index (χ2n) is 5.19. The Hall–Kier alpha value is -2.95. The van der Waals surface area contributed by atoms with E-state index in [4.69, 9.17) is 5.73 Å². The zero-order valence-electron chi connectivity index (χ0n) is 14.1. The van der Waals surface area contributed by atoms with E-state index in [2.05, 4.69) is 25.2 Å². The van der Waals surface area contributed by atoms with Gasteiger partial charge in [0.15, 0.2) is 11.7 Å². The first-order valence-corrected chi connectivity index (χ1v) is 8.74. The molecular weight excluding hydrogens is 379 g/mol. The molecule has 3 heterocycles. The van der Waals surface area contributed by atoms with Crippen molar-refractivity contribution in [2.24, 2.45) is 10.7 Å². The number of alkyl halides is 3. The van der Waals surface area contributed by atoms with Crippen LogP contribution in [0.4, 0.5) is 19.0 Å². The van der Waals surface area contributed by atoms with Gasteiger partial charge in [-0.25, -0.2) is 15.0 Å². The fourth-order valence-corrected chi connectivity index (χ4v) is 2.96. The molecule has 0 aliphatic carbocycles. The minimum Gasteiger partial charge on any atom is -0.382 e. The van der Waals surface area contributed by atoms with Crippen molar-refractivity contribution in [3.8, 4) is 5.69 Å². The third-order valence-electron chi connectivity index (χ3n) is 3.34. The van der Waals surface area contributed by atoms with Gasteiger partial charge < -0.3 is 5.73 Å². The molecule has 0 saturated heterocycles. The first kappa shape index (κ1) is 18.8. The number of aromatic nitrogens is 5. The first-order chi connectivity index (χ1) is 12.9. The molecule has 0 bridgehead atoms. The van der Waals surface area contributed by atoms with Gasteiger partial charge in [-0.05, 0) is 24.0 Å². The fraction of sp³-hybridized carbons (Fsp3) is 0.188. The van der Waals surface area contributed by atoms with Crippen LogP contribution in [-0.2, 0) is 6.18 Å². The Kier molecular flexibility index (Phi) is 5.40. The largest absolute Gasteiger partial charge is 0.417 e. The molecule has 3 aromatic rings. The van der Waals surface area contributed by atoms with Gasteiger partial charge in [-0.2, -0.15) is 28.2 Å². The molecule has 27 heavy (non-hydrogen) atoms. The molecule has 0 fully saturated rings. The molecule has 0 saturated carbocycles. The number of rotatable bonds is 5. The molecule has 0 aromatic carbocycles. The molecule has 0 atom stereocenters. The number of nitrogens with zero attached hydrogens (tertiary/aromatic N) is 6. The van der Waals surface area contributed by atoms with E-state index in [1.165, 1.54) is 22.8 Å². The molecule has 11 heteroatoms. The Morgan fingerprint density at radius 1 is 1.19 bits per heavy atom. The Labute approximate surface area is 156 Å². The van der Waals surface area contributed by atoms with Gasteiger partial charge in [-0.15, -0.1) is 11.8 Å². The van der Waals surface area contributed by atoms with Crippen LogP contribution in [0.25, 0.3) is 5.69 Å². The highest BCUT2D eigenvalue weighted by Crippen LogP contribution is 2.29. The Balaban J connectivity index is 1.93. The van der Waals surface area contributed by atoms with Crippen LogP contribution in [0.2, 0.25) is 0 Å². The summed E-state index contributed by atoms with van der Waals surface area (Å²) in [4.78, 5) is 14.3. The second kappa shape index (κ2) is 7.74. The third kappa shape index (κ3) is 4.42. The predicted octanol–water partition coefficient (Wildman–Crippen LogP) is 3.23. The van der Waals surface area contributed by atoms with Gasteiger partial charge in [-0.3, -0.25) is 0 Å². The molecule has 0 radical (unpaired) electrons. The average Bonchev–Trinajstić information content (AvgIpc) is 3.16. The molecule has 140 valence electrons. The topological polar surface area (TPSA) is 94.9 Å². The highest BCUT2D eigenvalue weighted by Gasteiger charge is 2.30. The molecule has 0 aliphatic rings. The van der Waals surface area contributed by atoms with Crippen molar-refractivity contribution < 1.29 is 13.2 Å². The first-order valence-electron chi connectivity index (χ1n) is 7.76. The number of aliphatic imine (C=N–C) groups is 1. The molecule has 0 spiro atoms. The lowest BCUT2D eigenvalue weighted by molar-refractivity contribution is -0.137. The van der Waals surface area contributed by atoms with Crippen LogP contribution >= 0.6 is 11.8 Å². The maximum Gasteiger partial charge on any atom is 0.417 e. The summed E-state index contributed by atoms with van der Waals surface area (Å²) < 4.78 is 37.8. The normalized spacial score (nSPS) is 12.4. The SMILES string of the molecule is CCSc1cc(-n2nccn2)cnc1C(N)=Nc1ccc(C(F)(F)F)cn1. The molecule has 0 aliphatic heterocycles. The van der Waals surface area contributed by atoms with Crippen molar-refractivity contribution in [3.63, 3.8) is 0 Å². The van der Waals surface area contributed by atoms with Gasteiger partial charge in [0.2, 0.25) is 0 Å². The van der Waals surface area contributed by atoms with Gasteiger partial charge in [0.1, 0.15) is 11.4 Å². The van der Waals surface area contributed by atoms with Crippen molar-refractivity contribution in [2.45, 2.75) is 18.0 Å². The van der Waals surface area contributed by atoms with E-state index < -0.39 is 11.7 Å². The minimum atomic E-state index is -4.45. The van der Waals surface area contributed by atoms with E-state index in [1.807, 2.05) is 13.0 Å². The number of thioether (sulfide) groups is 1. The van der Waals surface area contributed by atoms with Crippen molar-refractivity contribution in [3.05, 3.63) is 54.2 Å². The maximum atomic E-state index is 12.6. The lowest BCUT2D eigenvalue weighted by Crippen LogP contribution is -2.17. The van der Waals surface area contributed by atoms with Crippen LogP contribution in [0.15, 0.2) is 52.9 Å². The Morgan fingerprint density at radius 3 is 2.52 bits per heavy atom. The van der Waals surface area contributed by atoms with Gasteiger partial charge in [-0.1, -0.05) is 6.92 Å². The molecule has 7 nitrogen and oxygen atoms in total. The van der Waals surface area contributed by atoms with Gasteiger partial charge >= 0.3 is 6.18 Å². The number of amidine groups is 1. The van der Waals surface area contributed by atoms with Crippen LogP contribution in [0.1, 0.15) is 18.2 Å². The Bertz CT molecular complexity index is 938. The van der Waals surface area contributed by atoms with Gasteiger partial charge in [0.25, 0.3) is 0 Å². The van der Waals surface area contributed by atoms with Crippen LogP contribution in [0.5, 0.6) is 0 Å². The van der Waals surface area contributed by atoms with Crippen LogP contribution in [0.3, 0.4) is 0 Å². The minimum absolute atomic E-state index is 0.0539. The summed E-state index contributed by atoms with van der Waals surface area (Å²) in [5, 5.41) is 8.10. The number of pyridine rings is 2. The molecular formula is C16H14F3N7S. The van der Waals surface area contributed by atoms with Crippen molar-refractivity contribution in [1.82, 2.24) is 25.0 Å². The zero-order valence-corrected chi connectivity index (χ0v) is 14.9. The molecule has 0 unspecified atom stereocenters. The van der Waals surface area contributed by atoms with Crippen molar-refractivity contribution in [1.29, 1.82) is 0 Å². The zero-order chi connectivity index (χ0) is 19.4. The van der Waals surface area contributed by atoms with Crippen LogP contribution < -0.4 is 5.73 Å². The molecule has 3 rings (SSSR count). The fourth-order valence-electron chi connectivity index (χ4n) is 2.15. The highest BCUT2D eigenvalue weighted by molar-refractivity contribution is 7.99. The van der Waals surface area contributed by atoms with E-state index in [-0.39, 0.29) is 11.7 Å². The summed E-state index contributed by atoms with van der Waals surface area (Å²) in [6.07, 6.45) is 0.897. The summed E-state index contributed by atoms with van der Waals surface area (Å²) in [6, 6.07) is 3.88. The van der Waals surface area contributed by atoms with Crippen molar-refractivity contribution >= 4 is 23.4 Å². The summed E-state index contributed by atoms with van der Waals surface area (Å²) in [6.45, 7) is 1.97. The maximum absolute atomic E-state index is 12.6. The van der Waals surface area contributed by atoms with Gasteiger partial charge in [0, 0.05) is 11.1 Å². The summed E-state index contributed by atoms with van der Waals surface area (Å²) in [7, 11) is 0. The summed E-state index contributed by atoms with van der Waals surface area (Å²) >= 11 is 1.50. The summed E-state index contributed by atoms with van der Waals surface area (Å²) in [5.74, 6) is 0.877. The molecule has 0 amide bonds. The highest BCUT2D eigenvalue weighted by atomic mass is 32.2. The Morgan fingerprint density at radius 2 is 1.93 bits per heavy atom. The third-order valence-corrected chi connectivity index (χ3v) is 4.25. The lowest BCUT2D eigenvalue weighted by Gasteiger charge is -2.09. The van der Waals surface area contributed by atoms with E-state index in [0.717, 1.165) is 22.8 Å². The molecule has 2 N–H and O–H groups in total. The quantitative estimate of drug-likeness (QED) is 0.406. The van der Waals surface area contributed by atoms with Crippen LogP contribution in [-0.4, -0.2) is 36.6 Å². The standard InChI is InChI=1S/C16H14F3N7S/c1-2-27-12-7-11(26-23-5-6-24-26)9-22-14(12)15(20)25-13-4-3-10(8-21-13)16(17,18)19/h3-9H,2H2,1H3,(H2,20,21,25). The second-order valence-corrected chi connectivity index (χ2v) is 6.50. The van der Waals surface area contributed by atoms with E-state index in [1.54, 1.807) is 12.4 Å². The van der Waals surface area contributed by atoms with Crippen LogP contribution in [0, 0.1) is 0 Å².